The van der Waals surface area contributed by atoms with E-state index in [0.29, 0.717) is 6.42 Å². The van der Waals surface area contributed by atoms with Gasteiger partial charge in [-0.05, 0) is 73.7 Å². The molecule has 0 radical (unpaired) electrons. The molecule has 4 unspecified atom stereocenters. The van der Waals surface area contributed by atoms with Crippen molar-refractivity contribution in [3.8, 4) is 0 Å². The fourth-order valence-electron chi connectivity index (χ4n) is 5.16. The highest BCUT2D eigenvalue weighted by atomic mass is 16.5. The van der Waals surface area contributed by atoms with Gasteiger partial charge in [-0.3, -0.25) is 4.99 Å². The average molecular weight is 464 g/mol. The lowest BCUT2D eigenvalue weighted by Crippen LogP contribution is -2.44. The van der Waals surface area contributed by atoms with Crippen LogP contribution in [-0.4, -0.2) is 55.0 Å². The van der Waals surface area contributed by atoms with Crippen LogP contribution in [0, 0.1) is 12.3 Å². The van der Waals surface area contributed by atoms with E-state index in [2.05, 4.69) is 69.4 Å². The number of nitrogens with zero attached hydrogens (tertiary/aromatic N) is 2. The minimum Gasteiger partial charge on any atom is -0.374 e. The zero-order valence-corrected chi connectivity index (χ0v) is 21.2. The van der Waals surface area contributed by atoms with Crippen LogP contribution in [0.1, 0.15) is 44.7 Å². The normalized spacial score (nSPS) is 26.6. The number of fused-ring (bicyclic) bond motifs is 2. The number of ether oxygens (including phenoxy) is 2. The fourth-order valence-corrected chi connectivity index (χ4v) is 5.16. The van der Waals surface area contributed by atoms with Gasteiger partial charge in [0.05, 0.1) is 5.52 Å². The van der Waals surface area contributed by atoms with Crippen molar-refractivity contribution in [3.63, 3.8) is 0 Å². The third-order valence-corrected chi connectivity index (χ3v) is 7.03. The second kappa shape index (κ2) is 9.98. The molecule has 182 valence electrons. The largest absolute Gasteiger partial charge is 0.374 e. The van der Waals surface area contributed by atoms with E-state index in [1.165, 1.54) is 5.56 Å². The highest BCUT2D eigenvalue weighted by Gasteiger charge is 2.45. The highest BCUT2D eigenvalue weighted by Crippen LogP contribution is 2.47. The molecule has 1 aromatic heterocycles. The number of methoxy groups -OCH3 is 2. The number of allylic oxidation sites excluding steroid dienone is 1. The number of hydrogen-bond donors (Lipinski definition) is 2. The molecular formula is C28H37N3O3. The summed E-state index contributed by atoms with van der Waals surface area (Å²) < 4.78 is 11.5. The standard InChI is InChI=1S/C28H37N3O3/c1-7-9-23-20-14-24(33-5)25(34-6)15-21(20)28(4,27(32)31-23)16-19-13-18-12-17(3)10-11-22(18)30-26(19)29-8-2/h10-15,24-25,27,32H,7-9,16H2,1-6H3,(H,29,30). The van der Waals surface area contributed by atoms with Gasteiger partial charge in [0.1, 0.15) is 18.0 Å². The maximum atomic E-state index is 11.4. The van der Waals surface area contributed by atoms with Gasteiger partial charge in [-0.25, -0.2) is 4.98 Å². The van der Waals surface area contributed by atoms with Crippen molar-refractivity contribution in [2.45, 2.75) is 65.4 Å². The second-order valence-corrected chi connectivity index (χ2v) is 9.58. The molecule has 0 bridgehead atoms. The van der Waals surface area contributed by atoms with Crippen molar-refractivity contribution in [1.29, 1.82) is 0 Å². The summed E-state index contributed by atoms with van der Waals surface area (Å²) in [7, 11) is 3.40. The number of aliphatic hydroxyl groups excluding tert-OH is 1. The number of anilines is 1. The third-order valence-electron chi connectivity index (χ3n) is 7.03. The Morgan fingerprint density at radius 3 is 2.50 bits per heavy atom. The molecule has 0 fully saturated rings. The maximum Gasteiger partial charge on any atom is 0.155 e. The van der Waals surface area contributed by atoms with E-state index in [0.717, 1.165) is 58.5 Å². The van der Waals surface area contributed by atoms with Crippen molar-refractivity contribution in [3.05, 3.63) is 58.7 Å². The van der Waals surface area contributed by atoms with E-state index in [9.17, 15) is 5.11 Å². The number of nitrogens with one attached hydrogen (secondary N) is 1. The van der Waals surface area contributed by atoms with Crippen molar-refractivity contribution in [2.24, 2.45) is 10.4 Å². The molecule has 4 rings (SSSR count). The van der Waals surface area contributed by atoms with E-state index in [1.807, 2.05) is 0 Å². The summed E-state index contributed by atoms with van der Waals surface area (Å²) in [6.07, 6.45) is 5.33. The van der Waals surface area contributed by atoms with E-state index in [4.69, 9.17) is 19.5 Å². The van der Waals surface area contributed by atoms with Crippen LogP contribution in [0.4, 0.5) is 5.82 Å². The van der Waals surface area contributed by atoms with E-state index in [-0.39, 0.29) is 12.2 Å². The Morgan fingerprint density at radius 2 is 1.82 bits per heavy atom. The Bertz CT molecular complexity index is 1150. The van der Waals surface area contributed by atoms with Crippen molar-refractivity contribution in [2.75, 3.05) is 26.1 Å². The van der Waals surface area contributed by atoms with Gasteiger partial charge >= 0.3 is 0 Å². The van der Waals surface area contributed by atoms with Crippen LogP contribution in [0.3, 0.4) is 0 Å². The molecule has 4 atom stereocenters. The lowest BCUT2D eigenvalue weighted by molar-refractivity contribution is 0.00900. The molecule has 2 aromatic rings. The maximum absolute atomic E-state index is 11.4. The van der Waals surface area contributed by atoms with E-state index >= 15 is 0 Å². The zero-order valence-electron chi connectivity index (χ0n) is 21.2. The first-order chi connectivity index (χ1) is 16.3. The predicted octanol–water partition coefficient (Wildman–Crippen LogP) is 4.99. The Balaban J connectivity index is 1.84. The minimum atomic E-state index is -0.864. The summed E-state index contributed by atoms with van der Waals surface area (Å²) in [6.45, 7) is 9.16. The molecule has 34 heavy (non-hydrogen) atoms. The van der Waals surface area contributed by atoms with Crippen molar-refractivity contribution >= 4 is 22.4 Å². The number of pyridine rings is 1. The monoisotopic (exact) mass is 463 g/mol. The number of benzene rings is 1. The summed E-state index contributed by atoms with van der Waals surface area (Å²) in [6, 6.07) is 8.51. The number of aliphatic hydroxyl groups is 1. The summed E-state index contributed by atoms with van der Waals surface area (Å²) in [5.41, 5.74) is 5.68. The van der Waals surface area contributed by atoms with Crippen LogP contribution in [0.2, 0.25) is 0 Å². The molecule has 0 saturated carbocycles. The van der Waals surface area contributed by atoms with Gasteiger partial charge in [-0.15, -0.1) is 0 Å². The van der Waals surface area contributed by atoms with Crippen LogP contribution in [-0.2, 0) is 15.9 Å². The molecular weight excluding hydrogens is 426 g/mol. The van der Waals surface area contributed by atoms with Gasteiger partial charge < -0.3 is 19.9 Å². The number of hydrogen-bond acceptors (Lipinski definition) is 6. The zero-order chi connectivity index (χ0) is 24.5. The lowest BCUT2D eigenvalue weighted by atomic mass is 9.67. The Labute approximate surface area is 202 Å². The summed E-state index contributed by atoms with van der Waals surface area (Å²) in [4.78, 5) is 9.73. The SMILES string of the molecule is CCCC1=NC(O)C(C)(Cc2cc3cc(C)ccc3nc2NCC)C2=CC(OC)C(OC)C=C21. The predicted molar refractivity (Wildman–Crippen MR) is 139 cm³/mol. The quantitative estimate of drug-likeness (QED) is 0.577. The molecule has 6 nitrogen and oxygen atoms in total. The summed E-state index contributed by atoms with van der Waals surface area (Å²) in [5.74, 6) is 0.857. The second-order valence-electron chi connectivity index (χ2n) is 9.58. The van der Waals surface area contributed by atoms with Gasteiger partial charge in [0.25, 0.3) is 0 Å². The molecule has 1 aromatic carbocycles. The van der Waals surface area contributed by atoms with E-state index < -0.39 is 11.6 Å². The van der Waals surface area contributed by atoms with Crippen molar-refractivity contribution in [1.82, 2.24) is 4.98 Å². The minimum absolute atomic E-state index is 0.187. The number of aromatic nitrogens is 1. The molecule has 2 N–H and O–H groups in total. The summed E-state index contributed by atoms with van der Waals surface area (Å²) >= 11 is 0. The van der Waals surface area contributed by atoms with E-state index in [1.54, 1.807) is 14.2 Å². The number of aliphatic imine (C=N–C) groups is 1. The highest BCUT2D eigenvalue weighted by molar-refractivity contribution is 6.05. The topological polar surface area (TPSA) is 76.0 Å². The van der Waals surface area contributed by atoms with Crippen LogP contribution in [0.15, 0.2) is 52.6 Å². The average Bonchev–Trinajstić information content (AvgIpc) is 2.82. The number of aryl methyl sites for hydroxylation is 1. The first-order valence-electron chi connectivity index (χ1n) is 12.2. The molecule has 1 aliphatic carbocycles. The Hall–Kier alpha value is -2.54. The Kier molecular flexibility index (Phi) is 7.22. The van der Waals surface area contributed by atoms with Crippen LogP contribution < -0.4 is 5.32 Å². The molecule has 2 aliphatic rings. The molecule has 1 aliphatic heterocycles. The summed E-state index contributed by atoms with van der Waals surface area (Å²) in [5, 5.41) is 16.0. The molecule has 0 spiro atoms. The first-order valence-corrected chi connectivity index (χ1v) is 12.2. The lowest BCUT2D eigenvalue weighted by Gasteiger charge is -2.43. The fraction of sp³-hybridized carbons (Fsp3) is 0.500. The molecule has 6 heteroatoms. The van der Waals surface area contributed by atoms with Gasteiger partial charge in [-0.2, -0.15) is 0 Å². The van der Waals surface area contributed by atoms with Crippen LogP contribution in [0.5, 0.6) is 0 Å². The Morgan fingerprint density at radius 1 is 1.09 bits per heavy atom. The van der Waals surface area contributed by atoms with Crippen molar-refractivity contribution < 1.29 is 14.6 Å². The van der Waals surface area contributed by atoms with Gasteiger partial charge in [-0.1, -0.05) is 31.9 Å². The van der Waals surface area contributed by atoms with Gasteiger partial charge in [0.15, 0.2) is 6.23 Å². The first kappa shape index (κ1) is 24.6. The molecule has 2 heterocycles. The van der Waals surface area contributed by atoms with Crippen LogP contribution in [0.25, 0.3) is 10.9 Å². The smallest absolute Gasteiger partial charge is 0.155 e. The third kappa shape index (κ3) is 4.42. The van der Waals surface area contributed by atoms with Gasteiger partial charge in [0.2, 0.25) is 0 Å². The van der Waals surface area contributed by atoms with Crippen LogP contribution >= 0.6 is 0 Å². The van der Waals surface area contributed by atoms with Gasteiger partial charge in [0, 0.05) is 37.3 Å². The number of rotatable bonds is 8. The molecule has 0 amide bonds. The molecule has 0 saturated heterocycles.